The van der Waals surface area contributed by atoms with Crippen LogP contribution in [0.2, 0.25) is 0 Å². The molecule has 0 bridgehead atoms. The SMILES string of the molecule is COc1cccc(SCC(=O)N(C)Cc2ccccc2C)c1. The van der Waals surface area contributed by atoms with Crippen LogP contribution in [-0.4, -0.2) is 30.7 Å². The maximum absolute atomic E-state index is 12.3. The minimum Gasteiger partial charge on any atom is -0.497 e. The van der Waals surface area contributed by atoms with Gasteiger partial charge in [-0.1, -0.05) is 30.3 Å². The summed E-state index contributed by atoms with van der Waals surface area (Å²) in [6.45, 7) is 2.71. The van der Waals surface area contributed by atoms with E-state index in [1.54, 1.807) is 12.0 Å². The average molecular weight is 315 g/mol. The molecular weight excluding hydrogens is 294 g/mol. The van der Waals surface area contributed by atoms with Crippen molar-refractivity contribution >= 4 is 17.7 Å². The number of carbonyl (C=O) groups is 1. The Kier molecular flexibility index (Phi) is 5.90. The predicted octanol–water partition coefficient (Wildman–Crippen LogP) is 3.75. The Bertz CT molecular complexity index is 642. The fraction of sp³-hybridized carbons (Fsp3) is 0.278. The minimum atomic E-state index is 0.121. The first-order valence-electron chi connectivity index (χ1n) is 7.15. The van der Waals surface area contributed by atoms with E-state index in [1.807, 2.05) is 43.4 Å². The van der Waals surface area contributed by atoms with Crippen LogP contribution in [0.4, 0.5) is 0 Å². The molecular formula is C18H21NO2S. The number of hydrogen-bond acceptors (Lipinski definition) is 3. The molecule has 22 heavy (non-hydrogen) atoms. The van der Waals surface area contributed by atoms with Crippen molar-refractivity contribution < 1.29 is 9.53 Å². The smallest absolute Gasteiger partial charge is 0.232 e. The van der Waals surface area contributed by atoms with Gasteiger partial charge in [0.25, 0.3) is 0 Å². The third-order valence-electron chi connectivity index (χ3n) is 3.50. The Hall–Kier alpha value is -1.94. The largest absolute Gasteiger partial charge is 0.497 e. The van der Waals surface area contributed by atoms with Gasteiger partial charge in [-0.05, 0) is 36.2 Å². The van der Waals surface area contributed by atoms with Gasteiger partial charge in [-0.15, -0.1) is 11.8 Å². The third-order valence-corrected chi connectivity index (χ3v) is 4.48. The third kappa shape index (κ3) is 4.53. The molecule has 0 spiro atoms. The Morgan fingerprint density at radius 2 is 1.95 bits per heavy atom. The molecule has 3 nitrogen and oxygen atoms in total. The average Bonchev–Trinajstić information content (AvgIpc) is 2.54. The lowest BCUT2D eigenvalue weighted by Gasteiger charge is -2.18. The molecule has 0 aliphatic carbocycles. The number of carbonyl (C=O) groups excluding carboxylic acids is 1. The van der Waals surface area contributed by atoms with Crippen molar-refractivity contribution in [3.63, 3.8) is 0 Å². The van der Waals surface area contributed by atoms with Gasteiger partial charge in [0.05, 0.1) is 12.9 Å². The summed E-state index contributed by atoms with van der Waals surface area (Å²) < 4.78 is 5.19. The lowest BCUT2D eigenvalue weighted by molar-refractivity contribution is -0.127. The minimum absolute atomic E-state index is 0.121. The van der Waals surface area contributed by atoms with E-state index < -0.39 is 0 Å². The molecule has 2 rings (SSSR count). The molecule has 0 radical (unpaired) electrons. The summed E-state index contributed by atoms with van der Waals surface area (Å²) in [6.07, 6.45) is 0. The van der Waals surface area contributed by atoms with Crippen molar-refractivity contribution in [2.75, 3.05) is 19.9 Å². The highest BCUT2D eigenvalue weighted by atomic mass is 32.2. The molecule has 116 valence electrons. The van der Waals surface area contributed by atoms with E-state index >= 15 is 0 Å². The molecule has 0 fully saturated rings. The van der Waals surface area contributed by atoms with Gasteiger partial charge in [0.1, 0.15) is 5.75 Å². The summed E-state index contributed by atoms with van der Waals surface area (Å²) in [5, 5.41) is 0. The van der Waals surface area contributed by atoms with E-state index in [1.165, 1.54) is 22.9 Å². The van der Waals surface area contributed by atoms with Crippen LogP contribution < -0.4 is 4.74 Å². The number of aryl methyl sites for hydroxylation is 1. The Balaban J connectivity index is 1.90. The summed E-state index contributed by atoms with van der Waals surface area (Å²) in [5.74, 6) is 1.36. The zero-order valence-corrected chi connectivity index (χ0v) is 14.0. The van der Waals surface area contributed by atoms with E-state index in [0.717, 1.165) is 10.6 Å². The quantitative estimate of drug-likeness (QED) is 0.760. The summed E-state index contributed by atoms with van der Waals surface area (Å²) >= 11 is 1.53. The first-order valence-corrected chi connectivity index (χ1v) is 8.14. The van der Waals surface area contributed by atoms with Gasteiger partial charge in [0, 0.05) is 18.5 Å². The van der Waals surface area contributed by atoms with Crippen LogP contribution in [0.1, 0.15) is 11.1 Å². The van der Waals surface area contributed by atoms with Crippen molar-refractivity contribution in [1.29, 1.82) is 0 Å². The van der Waals surface area contributed by atoms with Gasteiger partial charge in [0.15, 0.2) is 0 Å². The molecule has 2 aromatic rings. The molecule has 0 heterocycles. The monoisotopic (exact) mass is 315 g/mol. The van der Waals surface area contributed by atoms with Gasteiger partial charge in [-0.25, -0.2) is 0 Å². The summed E-state index contributed by atoms with van der Waals surface area (Å²) in [4.78, 5) is 15.1. The normalized spacial score (nSPS) is 10.3. The summed E-state index contributed by atoms with van der Waals surface area (Å²) in [6, 6.07) is 15.9. The maximum atomic E-state index is 12.3. The highest BCUT2D eigenvalue weighted by Gasteiger charge is 2.11. The van der Waals surface area contributed by atoms with Gasteiger partial charge >= 0.3 is 0 Å². The van der Waals surface area contributed by atoms with Crippen molar-refractivity contribution in [3.8, 4) is 5.75 Å². The fourth-order valence-corrected chi connectivity index (χ4v) is 2.96. The number of benzene rings is 2. The first kappa shape index (κ1) is 16.4. The number of thioether (sulfide) groups is 1. The number of ether oxygens (including phenoxy) is 1. The zero-order chi connectivity index (χ0) is 15.9. The lowest BCUT2D eigenvalue weighted by atomic mass is 10.1. The zero-order valence-electron chi connectivity index (χ0n) is 13.2. The van der Waals surface area contributed by atoms with Crippen LogP contribution >= 0.6 is 11.8 Å². The molecule has 0 saturated heterocycles. The Morgan fingerprint density at radius 1 is 1.18 bits per heavy atom. The molecule has 0 saturated carbocycles. The molecule has 4 heteroatoms. The molecule has 2 aromatic carbocycles. The van der Waals surface area contributed by atoms with Crippen molar-refractivity contribution in [1.82, 2.24) is 4.90 Å². The number of methoxy groups -OCH3 is 1. The summed E-state index contributed by atoms with van der Waals surface area (Å²) in [5.41, 5.74) is 2.40. The second-order valence-electron chi connectivity index (χ2n) is 5.14. The van der Waals surface area contributed by atoms with Crippen molar-refractivity contribution in [2.45, 2.75) is 18.4 Å². The summed E-state index contributed by atoms with van der Waals surface area (Å²) in [7, 11) is 3.49. The van der Waals surface area contributed by atoms with E-state index in [2.05, 4.69) is 19.1 Å². The van der Waals surface area contributed by atoms with Gasteiger partial charge in [-0.2, -0.15) is 0 Å². The Morgan fingerprint density at radius 3 is 2.68 bits per heavy atom. The van der Waals surface area contributed by atoms with Crippen LogP contribution in [0.25, 0.3) is 0 Å². The predicted molar refractivity (Wildman–Crippen MR) is 91.4 cm³/mol. The fourth-order valence-electron chi connectivity index (χ4n) is 2.08. The van der Waals surface area contributed by atoms with Crippen LogP contribution in [-0.2, 0) is 11.3 Å². The molecule has 1 amide bonds. The highest BCUT2D eigenvalue weighted by molar-refractivity contribution is 8.00. The second-order valence-corrected chi connectivity index (χ2v) is 6.19. The number of amides is 1. The van der Waals surface area contributed by atoms with Crippen LogP contribution in [0.5, 0.6) is 5.75 Å². The second kappa shape index (κ2) is 7.90. The van der Waals surface area contributed by atoms with E-state index in [0.29, 0.717) is 12.3 Å². The van der Waals surface area contributed by atoms with Crippen molar-refractivity contribution in [3.05, 3.63) is 59.7 Å². The number of hydrogen-bond donors (Lipinski definition) is 0. The number of nitrogens with zero attached hydrogens (tertiary/aromatic N) is 1. The standard InChI is InChI=1S/C18H21NO2S/c1-14-7-4-5-8-15(14)12-19(2)18(20)13-22-17-10-6-9-16(11-17)21-3/h4-11H,12-13H2,1-3H3. The molecule has 0 aromatic heterocycles. The van der Waals surface area contributed by atoms with E-state index in [-0.39, 0.29) is 5.91 Å². The van der Waals surface area contributed by atoms with Crippen molar-refractivity contribution in [2.24, 2.45) is 0 Å². The van der Waals surface area contributed by atoms with Gasteiger partial charge in [0.2, 0.25) is 5.91 Å². The highest BCUT2D eigenvalue weighted by Crippen LogP contribution is 2.23. The molecule has 0 aliphatic heterocycles. The molecule has 0 N–H and O–H groups in total. The number of rotatable bonds is 6. The van der Waals surface area contributed by atoms with E-state index in [9.17, 15) is 4.79 Å². The maximum Gasteiger partial charge on any atom is 0.232 e. The first-order chi connectivity index (χ1) is 10.6. The van der Waals surface area contributed by atoms with Crippen LogP contribution in [0.3, 0.4) is 0 Å². The van der Waals surface area contributed by atoms with Crippen LogP contribution in [0.15, 0.2) is 53.4 Å². The molecule has 0 atom stereocenters. The van der Waals surface area contributed by atoms with E-state index in [4.69, 9.17) is 4.74 Å². The van der Waals surface area contributed by atoms with Crippen LogP contribution in [0, 0.1) is 6.92 Å². The molecule has 0 aliphatic rings. The lowest BCUT2D eigenvalue weighted by Crippen LogP contribution is -2.28. The van der Waals surface area contributed by atoms with Gasteiger partial charge < -0.3 is 9.64 Å². The molecule has 0 unspecified atom stereocenters. The van der Waals surface area contributed by atoms with Gasteiger partial charge in [-0.3, -0.25) is 4.79 Å². The Labute approximate surface area is 136 Å². The topological polar surface area (TPSA) is 29.5 Å².